The number of pyridine rings is 1. The van der Waals surface area contributed by atoms with Crippen LogP contribution >= 0.6 is 0 Å². The van der Waals surface area contributed by atoms with Crippen molar-refractivity contribution < 1.29 is 4.79 Å². The summed E-state index contributed by atoms with van der Waals surface area (Å²) < 4.78 is 2.04. The molecule has 4 heteroatoms. The third-order valence-electron chi connectivity index (χ3n) is 4.86. The van der Waals surface area contributed by atoms with Gasteiger partial charge in [0.2, 0.25) is 0 Å². The van der Waals surface area contributed by atoms with Crippen molar-refractivity contribution >= 4 is 5.91 Å². The lowest BCUT2D eigenvalue weighted by Crippen LogP contribution is -2.27. The van der Waals surface area contributed by atoms with Crippen LogP contribution in [0.1, 0.15) is 34.5 Å². The monoisotopic (exact) mass is 345 g/mol. The SMILES string of the molecule is Cc1ccc(Cn2cc(-c3ccncc3)cc2C(=O)NCC2CC2)cc1. The van der Waals surface area contributed by atoms with Gasteiger partial charge >= 0.3 is 0 Å². The van der Waals surface area contributed by atoms with Crippen molar-refractivity contribution in [2.75, 3.05) is 6.54 Å². The highest BCUT2D eigenvalue weighted by Crippen LogP contribution is 2.28. The summed E-state index contributed by atoms with van der Waals surface area (Å²) in [4.78, 5) is 16.8. The van der Waals surface area contributed by atoms with Gasteiger partial charge in [0.25, 0.3) is 5.91 Å². The van der Waals surface area contributed by atoms with Gasteiger partial charge in [-0.2, -0.15) is 0 Å². The van der Waals surface area contributed by atoms with Crippen LogP contribution in [0.2, 0.25) is 0 Å². The second kappa shape index (κ2) is 7.16. The molecule has 0 atom stereocenters. The summed E-state index contributed by atoms with van der Waals surface area (Å²) in [6.45, 7) is 3.54. The first-order chi connectivity index (χ1) is 12.7. The number of rotatable bonds is 6. The number of aryl methyl sites for hydroxylation is 1. The number of nitrogens with zero attached hydrogens (tertiary/aromatic N) is 2. The van der Waals surface area contributed by atoms with E-state index in [9.17, 15) is 4.79 Å². The lowest BCUT2D eigenvalue weighted by Gasteiger charge is -2.10. The third kappa shape index (κ3) is 3.85. The second-order valence-corrected chi connectivity index (χ2v) is 7.12. The fourth-order valence-corrected chi connectivity index (χ4v) is 3.07. The Labute approximate surface area is 153 Å². The van der Waals surface area contributed by atoms with Crippen molar-refractivity contribution in [2.24, 2.45) is 5.92 Å². The van der Waals surface area contributed by atoms with Crippen molar-refractivity contribution in [3.05, 3.63) is 77.9 Å². The lowest BCUT2D eigenvalue weighted by atomic mass is 10.1. The molecule has 26 heavy (non-hydrogen) atoms. The van der Waals surface area contributed by atoms with Gasteiger partial charge in [0.1, 0.15) is 5.69 Å². The van der Waals surface area contributed by atoms with Crippen LogP contribution in [0.25, 0.3) is 11.1 Å². The summed E-state index contributed by atoms with van der Waals surface area (Å²) in [5.74, 6) is 0.670. The number of carbonyl (C=O) groups excluding carboxylic acids is 1. The molecule has 1 aromatic carbocycles. The molecule has 4 rings (SSSR count). The molecule has 0 unspecified atom stereocenters. The van der Waals surface area contributed by atoms with E-state index in [0.29, 0.717) is 18.2 Å². The molecule has 0 spiro atoms. The van der Waals surface area contributed by atoms with Crippen molar-refractivity contribution in [1.82, 2.24) is 14.9 Å². The molecule has 0 aliphatic heterocycles. The maximum Gasteiger partial charge on any atom is 0.267 e. The van der Waals surface area contributed by atoms with Crippen LogP contribution in [-0.4, -0.2) is 22.0 Å². The average molecular weight is 345 g/mol. The molecule has 1 saturated carbocycles. The van der Waals surface area contributed by atoms with E-state index >= 15 is 0 Å². The van der Waals surface area contributed by atoms with Gasteiger partial charge in [0.05, 0.1) is 0 Å². The molecule has 2 heterocycles. The van der Waals surface area contributed by atoms with E-state index < -0.39 is 0 Å². The Morgan fingerprint density at radius 2 is 1.85 bits per heavy atom. The van der Waals surface area contributed by atoms with Gasteiger partial charge in [0.15, 0.2) is 0 Å². The molecule has 4 nitrogen and oxygen atoms in total. The third-order valence-corrected chi connectivity index (χ3v) is 4.86. The summed E-state index contributed by atoms with van der Waals surface area (Å²) in [5, 5.41) is 3.09. The van der Waals surface area contributed by atoms with Crippen molar-refractivity contribution in [1.29, 1.82) is 0 Å². The van der Waals surface area contributed by atoms with E-state index in [1.807, 2.05) is 22.8 Å². The lowest BCUT2D eigenvalue weighted by molar-refractivity contribution is 0.0943. The van der Waals surface area contributed by atoms with E-state index in [-0.39, 0.29) is 5.91 Å². The van der Waals surface area contributed by atoms with Crippen molar-refractivity contribution in [3.63, 3.8) is 0 Å². The van der Waals surface area contributed by atoms with Gasteiger partial charge in [-0.15, -0.1) is 0 Å². The summed E-state index contributed by atoms with van der Waals surface area (Å²) in [6, 6.07) is 14.4. The topological polar surface area (TPSA) is 46.9 Å². The molecule has 0 saturated heterocycles. The van der Waals surface area contributed by atoms with Gasteiger partial charge in [-0.1, -0.05) is 29.8 Å². The minimum Gasteiger partial charge on any atom is -0.350 e. The maximum atomic E-state index is 12.7. The largest absolute Gasteiger partial charge is 0.350 e. The minimum absolute atomic E-state index is 0.00400. The van der Waals surface area contributed by atoms with Crippen LogP contribution < -0.4 is 5.32 Å². The zero-order valence-electron chi connectivity index (χ0n) is 15.0. The molecule has 132 valence electrons. The van der Waals surface area contributed by atoms with Gasteiger partial charge in [-0.3, -0.25) is 9.78 Å². The number of amides is 1. The molecule has 1 amide bonds. The Morgan fingerprint density at radius 1 is 1.12 bits per heavy atom. The summed E-state index contributed by atoms with van der Waals surface area (Å²) in [5.41, 5.74) is 5.23. The van der Waals surface area contributed by atoms with Crippen LogP contribution in [0.5, 0.6) is 0 Å². The van der Waals surface area contributed by atoms with Crippen LogP contribution in [0.3, 0.4) is 0 Å². The quantitative estimate of drug-likeness (QED) is 0.733. The molecule has 2 aromatic heterocycles. The standard InChI is InChI=1S/C22H23N3O/c1-16-2-4-18(5-3-16)14-25-15-20(19-8-10-23-11-9-19)12-21(25)22(26)24-13-17-6-7-17/h2-5,8-12,15,17H,6-7,13-14H2,1H3,(H,24,26). The van der Waals surface area contributed by atoms with E-state index in [2.05, 4.69) is 47.7 Å². The Bertz CT molecular complexity index is 893. The average Bonchev–Trinajstić information content (AvgIpc) is 3.41. The normalized spacial score (nSPS) is 13.6. The highest BCUT2D eigenvalue weighted by Gasteiger charge is 2.23. The zero-order valence-corrected chi connectivity index (χ0v) is 15.0. The van der Waals surface area contributed by atoms with E-state index in [1.54, 1.807) is 12.4 Å². The first kappa shape index (κ1) is 16.6. The molecule has 0 radical (unpaired) electrons. The zero-order chi connectivity index (χ0) is 17.9. The first-order valence-corrected chi connectivity index (χ1v) is 9.13. The smallest absolute Gasteiger partial charge is 0.267 e. The number of aromatic nitrogens is 2. The Hall–Kier alpha value is -2.88. The highest BCUT2D eigenvalue weighted by atomic mass is 16.1. The summed E-state index contributed by atoms with van der Waals surface area (Å²) >= 11 is 0. The minimum atomic E-state index is 0.00400. The fourth-order valence-electron chi connectivity index (χ4n) is 3.07. The van der Waals surface area contributed by atoms with Gasteiger partial charge in [-0.05, 0) is 55.0 Å². The second-order valence-electron chi connectivity index (χ2n) is 7.12. The highest BCUT2D eigenvalue weighted by molar-refractivity contribution is 5.94. The van der Waals surface area contributed by atoms with E-state index in [0.717, 1.165) is 17.7 Å². The Balaban J connectivity index is 1.63. The Morgan fingerprint density at radius 3 is 2.54 bits per heavy atom. The van der Waals surface area contributed by atoms with E-state index in [1.165, 1.54) is 24.0 Å². The number of carbonyl (C=O) groups is 1. The van der Waals surface area contributed by atoms with Gasteiger partial charge in [0, 0.05) is 37.2 Å². The van der Waals surface area contributed by atoms with Crippen molar-refractivity contribution in [2.45, 2.75) is 26.3 Å². The number of benzene rings is 1. The molecule has 1 aliphatic carbocycles. The molecule has 0 bridgehead atoms. The summed E-state index contributed by atoms with van der Waals surface area (Å²) in [7, 11) is 0. The fraction of sp³-hybridized carbons (Fsp3) is 0.273. The molecular formula is C22H23N3O. The van der Waals surface area contributed by atoms with Gasteiger partial charge < -0.3 is 9.88 Å². The summed E-state index contributed by atoms with van der Waals surface area (Å²) in [6.07, 6.45) is 8.07. The van der Waals surface area contributed by atoms with Crippen molar-refractivity contribution in [3.8, 4) is 11.1 Å². The first-order valence-electron chi connectivity index (χ1n) is 9.13. The van der Waals surface area contributed by atoms with E-state index in [4.69, 9.17) is 0 Å². The molecule has 1 N–H and O–H groups in total. The molecule has 1 aliphatic rings. The Kier molecular flexibility index (Phi) is 4.57. The van der Waals surface area contributed by atoms with Crippen LogP contribution in [0.15, 0.2) is 61.1 Å². The van der Waals surface area contributed by atoms with Crippen LogP contribution in [-0.2, 0) is 6.54 Å². The van der Waals surface area contributed by atoms with Gasteiger partial charge in [-0.25, -0.2) is 0 Å². The molecular weight excluding hydrogens is 322 g/mol. The van der Waals surface area contributed by atoms with Crippen LogP contribution in [0.4, 0.5) is 0 Å². The number of hydrogen-bond acceptors (Lipinski definition) is 2. The number of hydrogen-bond donors (Lipinski definition) is 1. The van der Waals surface area contributed by atoms with Crippen LogP contribution in [0, 0.1) is 12.8 Å². The number of nitrogens with one attached hydrogen (secondary N) is 1. The molecule has 3 aromatic rings. The predicted molar refractivity (Wildman–Crippen MR) is 103 cm³/mol. The predicted octanol–water partition coefficient (Wildman–Crippen LogP) is 4.05. The maximum absolute atomic E-state index is 12.7. The molecule has 1 fully saturated rings.